The molecule has 3 atom stereocenters. The summed E-state index contributed by atoms with van der Waals surface area (Å²) in [5.41, 5.74) is 0. The minimum Gasteiger partial charge on any atom is -0.393 e. The Labute approximate surface area is 143 Å². The predicted octanol–water partition coefficient (Wildman–Crippen LogP) is 3.42. The van der Waals surface area contributed by atoms with Gasteiger partial charge in [-0.2, -0.15) is 0 Å². The smallest absolute Gasteiger partial charge is 0.0540 e. The molecule has 0 aromatic rings. The highest BCUT2D eigenvalue weighted by Gasteiger charge is 2.32. The van der Waals surface area contributed by atoms with Gasteiger partial charge in [-0.15, -0.1) is 0 Å². The Morgan fingerprint density at radius 3 is 2.48 bits per heavy atom. The number of piperidine rings is 1. The third-order valence-corrected chi connectivity index (χ3v) is 6.32. The van der Waals surface area contributed by atoms with Gasteiger partial charge in [0.1, 0.15) is 0 Å². The maximum Gasteiger partial charge on any atom is 0.0540 e. The molecule has 134 valence electrons. The second-order valence-electron chi connectivity index (χ2n) is 8.67. The van der Waals surface area contributed by atoms with Crippen LogP contribution in [0.3, 0.4) is 0 Å². The first-order valence-electron chi connectivity index (χ1n) is 10.4. The Bertz CT molecular complexity index is 339. The molecule has 0 bridgehead atoms. The monoisotopic (exact) mass is 322 g/mol. The van der Waals surface area contributed by atoms with E-state index in [9.17, 15) is 5.11 Å². The molecule has 23 heavy (non-hydrogen) atoms. The van der Waals surface area contributed by atoms with Crippen LogP contribution in [0.1, 0.15) is 71.1 Å². The van der Waals surface area contributed by atoms with E-state index < -0.39 is 0 Å². The van der Waals surface area contributed by atoms with Crippen molar-refractivity contribution < 1.29 is 5.11 Å². The average molecular weight is 323 g/mol. The van der Waals surface area contributed by atoms with Crippen molar-refractivity contribution in [2.45, 2.75) is 83.3 Å². The van der Waals surface area contributed by atoms with Crippen LogP contribution in [-0.2, 0) is 0 Å². The fourth-order valence-corrected chi connectivity index (χ4v) is 4.71. The number of hydrogen-bond donors (Lipinski definition) is 2. The molecule has 1 aliphatic heterocycles. The number of hydrogen-bond acceptors (Lipinski definition) is 3. The third-order valence-electron chi connectivity index (χ3n) is 6.32. The molecule has 3 rings (SSSR count). The van der Waals surface area contributed by atoms with E-state index in [0.717, 1.165) is 24.7 Å². The molecule has 3 fully saturated rings. The molecule has 2 N–H and O–H groups in total. The first-order chi connectivity index (χ1) is 11.2. The molecule has 0 amide bonds. The van der Waals surface area contributed by atoms with E-state index in [1.54, 1.807) is 0 Å². The maximum absolute atomic E-state index is 10.1. The summed E-state index contributed by atoms with van der Waals surface area (Å²) in [6.07, 6.45) is 13.2. The summed E-state index contributed by atoms with van der Waals surface area (Å²) >= 11 is 0. The Morgan fingerprint density at radius 2 is 1.78 bits per heavy atom. The van der Waals surface area contributed by atoms with Gasteiger partial charge in [0, 0.05) is 25.7 Å². The fraction of sp³-hybridized carbons (Fsp3) is 1.00. The number of rotatable bonds is 8. The second-order valence-corrected chi connectivity index (χ2v) is 8.67. The zero-order valence-electron chi connectivity index (χ0n) is 15.2. The van der Waals surface area contributed by atoms with Crippen LogP contribution in [0.15, 0.2) is 0 Å². The lowest BCUT2D eigenvalue weighted by atomic mass is 9.87. The average Bonchev–Trinajstić information content (AvgIpc) is 3.37. The van der Waals surface area contributed by atoms with Crippen LogP contribution in [-0.4, -0.2) is 48.3 Å². The Kier molecular flexibility index (Phi) is 6.79. The molecule has 0 radical (unpaired) electrons. The van der Waals surface area contributed by atoms with Gasteiger partial charge < -0.3 is 15.3 Å². The van der Waals surface area contributed by atoms with Gasteiger partial charge in [-0.25, -0.2) is 0 Å². The molecule has 1 heterocycles. The molecule has 1 saturated heterocycles. The van der Waals surface area contributed by atoms with Gasteiger partial charge in [0.2, 0.25) is 0 Å². The van der Waals surface area contributed by atoms with E-state index >= 15 is 0 Å². The number of nitrogens with zero attached hydrogens (tertiary/aromatic N) is 1. The molecule has 3 unspecified atom stereocenters. The maximum atomic E-state index is 10.1. The lowest BCUT2D eigenvalue weighted by molar-refractivity contribution is 0.0803. The highest BCUT2D eigenvalue weighted by molar-refractivity contribution is 4.88. The molecule has 2 saturated carbocycles. The number of nitrogens with one attached hydrogen (secondary N) is 1. The minimum atomic E-state index is -0.0973. The number of likely N-dealkylation sites (tertiary alicyclic amines) is 1. The van der Waals surface area contributed by atoms with Crippen molar-refractivity contribution in [3.8, 4) is 0 Å². The first kappa shape index (κ1) is 17.7. The van der Waals surface area contributed by atoms with Crippen LogP contribution < -0.4 is 5.32 Å². The zero-order chi connectivity index (χ0) is 16.1. The van der Waals surface area contributed by atoms with Gasteiger partial charge in [-0.05, 0) is 69.2 Å². The Morgan fingerprint density at radius 1 is 1.00 bits per heavy atom. The summed E-state index contributed by atoms with van der Waals surface area (Å²) in [7, 11) is 0. The van der Waals surface area contributed by atoms with Gasteiger partial charge in [0.25, 0.3) is 0 Å². The summed E-state index contributed by atoms with van der Waals surface area (Å²) in [5, 5.41) is 14.0. The largest absolute Gasteiger partial charge is 0.393 e. The lowest BCUT2D eigenvalue weighted by Gasteiger charge is -2.39. The Hall–Kier alpha value is -0.120. The van der Waals surface area contributed by atoms with Crippen LogP contribution in [0.5, 0.6) is 0 Å². The zero-order valence-corrected chi connectivity index (χ0v) is 15.2. The van der Waals surface area contributed by atoms with E-state index in [1.165, 1.54) is 77.5 Å². The van der Waals surface area contributed by atoms with Crippen molar-refractivity contribution in [1.29, 1.82) is 0 Å². The topological polar surface area (TPSA) is 35.5 Å². The van der Waals surface area contributed by atoms with Crippen LogP contribution in [0.2, 0.25) is 0 Å². The summed E-state index contributed by atoms with van der Waals surface area (Å²) in [6.45, 7) is 7.09. The lowest BCUT2D eigenvalue weighted by Crippen LogP contribution is -2.51. The van der Waals surface area contributed by atoms with Gasteiger partial charge in [-0.1, -0.05) is 26.2 Å². The van der Waals surface area contributed by atoms with Gasteiger partial charge in [-0.3, -0.25) is 0 Å². The normalized spacial score (nSPS) is 32.1. The van der Waals surface area contributed by atoms with Crippen molar-refractivity contribution in [2.24, 2.45) is 17.8 Å². The second kappa shape index (κ2) is 8.82. The number of aliphatic hydroxyl groups is 1. The van der Waals surface area contributed by atoms with Crippen molar-refractivity contribution in [1.82, 2.24) is 10.2 Å². The van der Waals surface area contributed by atoms with Gasteiger partial charge in [0.15, 0.2) is 0 Å². The molecule has 0 spiro atoms. The molecular formula is C20H38N2O. The fourth-order valence-electron chi connectivity index (χ4n) is 4.71. The molecule has 2 aliphatic carbocycles. The molecule has 3 heteroatoms. The standard InChI is InChI=1S/C20H38N2O/c1-2-20(23)11-18-10-19(15-22(14-18)13-17-8-9-17)21-12-16-6-4-3-5-7-16/h16-21,23H,2-15H2,1H3. The summed E-state index contributed by atoms with van der Waals surface area (Å²) in [6, 6.07) is 0.651. The highest BCUT2D eigenvalue weighted by Crippen LogP contribution is 2.32. The summed E-state index contributed by atoms with van der Waals surface area (Å²) < 4.78 is 0. The van der Waals surface area contributed by atoms with E-state index in [4.69, 9.17) is 0 Å². The third kappa shape index (κ3) is 6.03. The minimum absolute atomic E-state index is 0.0973. The number of aliphatic hydroxyl groups excluding tert-OH is 1. The highest BCUT2D eigenvalue weighted by atomic mass is 16.3. The summed E-state index contributed by atoms with van der Waals surface area (Å²) in [5.74, 6) is 2.58. The first-order valence-corrected chi connectivity index (χ1v) is 10.4. The molecule has 0 aromatic heterocycles. The van der Waals surface area contributed by atoms with E-state index in [-0.39, 0.29) is 6.10 Å². The summed E-state index contributed by atoms with van der Waals surface area (Å²) in [4.78, 5) is 2.70. The van der Waals surface area contributed by atoms with Gasteiger partial charge >= 0.3 is 0 Å². The Balaban J connectivity index is 1.47. The van der Waals surface area contributed by atoms with Crippen molar-refractivity contribution in [2.75, 3.05) is 26.2 Å². The molecule has 0 aromatic carbocycles. The van der Waals surface area contributed by atoms with E-state index in [2.05, 4.69) is 17.1 Å². The molecular weight excluding hydrogens is 284 g/mol. The van der Waals surface area contributed by atoms with Crippen molar-refractivity contribution in [3.63, 3.8) is 0 Å². The predicted molar refractivity (Wildman–Crippen MR) is 96.6 cm³/mol. The van der Waals surface area contributed by atoms with E-state index in [1.807, 2.05) is 0 Å². The van der Waals surface area contributed by atoms with Crippen LogP contribution in [0.4, 0.5) is 0 Å². The van der Waals surface area contributed by atoms with Crippen LogP contribution >= 0.6 is 0 Å². The quantitative estimate of drug-likeness (QED) is 0.719. The van der Waals surface area contributed by atoms with Crippen LogP contribution in [0, 0.1) is 17.8 Å². The SMILES string of the molecule is CCC(O)CC1CC(NCC2CCCCC2)CN(CC2CC2)C1. The molecule has 3 aliphatic rings. The van der Waals surface area contributed by atoms with E-state index in [0.29, 0.717) is 12.0 Å². The van der Waals surface area contributed by atoms with Gasteiger partial charge in [0.05, 0.1) is 6.10 Å². The van der Waals surface area contributed by atoms with Crippen molar-refractivity contribution in [3.05, 3.63) is 0 Å². The molecule has 3 nitrogen and oxygen atoms in total. The van der Waals surface area contributed by atoms with Crippen LogP contribution in [0.25, 0.3) is 0 Å². The van der Waals surface area contributed by atoms with Crippen molar-refractivity contribution >= 4 is 0 Å².